The summed E-state index contributed by atoms with van der Waals surface area (Å²) < 4.78 is 10.2. The topological polar surface area (TPSA) is 57.1 Å². The van der Waals surface area contributed by atoms with Crippen LogP contribution in [0.2, 0.25) is 0 Å². The maximum atomic E-state index is 5.20. The summed E-state index contributed by atoms with van der Waals surface area (Å²) in [6.07, 6.45) is 0. The number of aryl methyl sites for hydroxylation is 1. The van der Waals surface area contributed by atoms with Crippen LogP contribution in [0, 0.1) is 6.92 Å². The molecule has 6 heteroatoms. The van der Waals surface area contributed by atoms with Crippen LogP contribution < -0.4 is 9.47 Å². The second kappa shape index (κ2) is 4.44. The number of rotatable bonds is 3. The molecule has 0 bridgehead atoms. The van der Waals surface area contributed by atoms with Crippen LogP contribution in [0.25, 0.3) is 10.6 Å². The van der Waals surface area contributed by atoms with E-state index in [0.717, 1.165) is 15.6 Å². The molecule has 2 rings (SSSR count). The van der Waals surface area contributed by atoms with Gasteiger partial charge < -0.3 is 9.47 Å². The van der Waals surface area contributed by atoms with Crippen molar-refractivity contribution >= 4 is 11.3 Å². The van der Waals surface area contributed by atoms with Crippen molar-refractivity contribution in [1.29, 1.82) is 0 Å². The maximum Gasteiger partial charge on any atom is 0.226 e. The summed E-state index contributed by atoms with van der Waals surface area (Å²) in [7, 11) is 3.13. The second-order valence-corrected chi connectivity index (χ2v) is 4.22. The Hall–Kier alpha value is -1.69. The molecule has 84 valence electrons. The summed E-state index contributed by atoms with van der Waals surface area (Å²) in [4.78, 5) is 4.19. The van der Waals surface area contributed by atoms with E-state index in [1.165, 1.54) is 11.3 Å². The monoisotopic (exact) mass is 237 g/mol. The van der Waals surface area contributed by atoms with Crippen molar-refractivity contribution in [2.45, 2.75) is 6.92 Å². The van der Waals surface area contributed by atoms with Crippen molar-refractivity contribution in [3.05, 3.63) is 17.1 Å². The summed E-state index contributed by atoms with van der Waals surface area (Å²) in [5.74, 6) is 1.01. The van der Waals surface area contributed by atoms with E-state index in [-0.39, 0.29) is 0 Å². The number of hydrogen-bond donors (Lipinski definition) is 0. The first-order valence-electron chi connectivity index (χ1n) is 4.64. The molecule has 0 aromatic carbocycles. The molecule has 16 heavy (non-hydrogen) atoms. The fraction of sp³-hybridized carbons (Fsp3) is 0.300. The van der Waals surface area contributed by atoms with E-state index < -0.39 is 0 Å². The van der Waals surface area contributed by atoms with Gasteiger partial charge >= 0.3 is 0 Å². The fourth-order valence-electron chi connectivity index (χ4n) is 1.26. The third-order valence-corrected chi connectivity index (χ3v) is 2.87. The molecule has 0 aliphatic carbocycles. The number of methoxy groups -OCH3 is 2. The first-order valence-corrected chi connectivity index (χ1v) is 5.45. The van der Waals surface area contributed by atoms with E-state index >= 15 is 0 Å². The zero-order valence-electron chi connectivity index (χ0n) is 9.22. The molecule has 0 saturated heterocycles. The van der Waals surface area contributed by atoms with E-state index in [9.17, 15) is 0 Å². The standard InChI is InChI=1S/C10H11N3O2S/c1-6-12-13-10(16-6)7-4-5-8(14-2)11-9(7)15-3/h4-5H,1-3H3. The molecule has 0 atom stereocenters. The number of nitrogens with zero attached hydrogens (tertiary/aromatic N) is 3. The normalized spacial score (nSPS) is 10.2. The van der Waals surface area contributed by atoms with Crippen LogP contribution in [0.3, 0.4) is 0 Å². The van der Waals surface area contributed by atoms with Gasteiger partial charge in [-0.3, -0.25) is 0 Å². The Bertz CT molecular complexity index is 499. The largest absolute Gasteiger partial charge is 0.481 e. The zero-order chi connectivity index (χ0) is 11.5. The molecule has 0 aliphatic rings. The van der Waals surface area contributed by atoms with Crippen LogP contribution in [0.5, 0.6) is 11.8 Å². The molecule has 2 heterocycles. The number of aromatic nitrogens is 3. The van der Waals surface area contributed by atoms with Crippen molar-refractivity contribution in [1.82, 2.24) is 15.2 Å². The van der Waals surface area contributed by atoms with Gasteiger partial charge in [0.2, 0.25) is 11.8 Å². The van der Waals surface area contributed by atoms with Gasteiger partial charge in [0, 0.05) is 6.07 Å². The van der Waals surface area contributed by atoms with Crippen LogP contribution in [-0.2, 0) is 0 Å². The highest BCUT2D eigenvalue weighted by Crippen LogP contribution is 2.31. The Morgan fingerprint density at radius 3 is 2.50 bits per heavy atom. The van der Waals surface area contributed by atoms with Gasteiger partial charge in [0.25, 0.3) is 0 Å². The molecule has 0 spiro atoms. The minimum Gasteiger partial charge on any atom is -0.481 e. The predicted molar refractivity (Wildman–Crippen MR) is 61.0 cm³/mol. The fourth-order valence-corrected chi connectivity index (χ4v) is 1.97. The minimum atomic E-state index is 0.496. The first-order chi connectivity index (χ1) is 7.74. The van der Waals surface area contributed by atoms with Gasteiger partial charge in [-0.05, 0) is 13.0 Å². The van der Waals surface area contributed by atoms with Gasteiger partial charge in [0.15, 0.2) is 5.01 Å². The Kier molecular flexibility index (Phi) is 3.00. The molecule has 0 fully saturated rings. The SMILES string of the molecule is COc1ccc(-c2nnc(C)s2)c(OC)n1. The highest BCUT2D eigenvalue weighted by atomic mass is 32.1. The quantitative estimate of drug-likeness (QED) is 0.816. The number of ether oxygens (including phenoxy) is 2. The lowest BCUT2D eigenvalue weighted by atomic mass is 10.3. The molecule has 0 saturated carbocycles. The maximum absolute atomic E-state index is 5.20. The minimum absolute atomic E-state index is 0.496. The number of pyridine rings is 1. The van der Waals surface area contributed by atoms with Gasteiger partial charge in [-0.15, -0.1) is 10.2 Å². The van der Waals surface area contributed by atoms with E-state index in [4.69, 9.17) is 9.47 Å². The molecule has 0 unspecified atom stereocenters. The summed E-state index contributed by atoms with van der Waals surface area (Å²) in [5.41, 5.74) is 0.828. The predicted octanol–water partition coefficient (Wildman–Crippen LogP) is 1.93. The Labute approximate surface area is 97.1 Å². The van der Waals surface area contributed by atoms with E-state index in [1.54, 1.807) is 20.3 Å². The summed E-state index contributed by atoms with van der Waals surface area (Å²) >= 11 is 1.50. The lowest BCUT2D eigenvalue weighted by Gasteiger charge is -2.06. The number of hydrogen-bond acceptors (Lipinski definition) is 6. The van der Waals surface area contributed by atoms with Crippen molar-refractivity contribution in [2.24, 2.45) is 0 Å². The third kappa shape index (κ3) is 1.96. The van der Waals surface area contributed by atoms with Crippen LogP contribution in [0.4, 0.5) is 0 Å². The van der Waals surface area contributed by atoms with Crippen molar-refractivity contribution in [3.8, 4) is 22.3 Å². The van der Waals surface area contributed by atoms with E-state index in [1.807, 2.05) is 13.0 Å². The molecule has 0 aliphatic heterocycles. The first kappa shape index (κ1) is 10.8. The second-order valence-electron chi connectivity index (χ2n) is 3.04. The third-order valence-electron chi connectivity index (χ3n) is 1.99. The molecule has 0 amide bonds. The van der Waals surface area contributed by atoms with Crippen LogP contribution in [-0.4, -0.2) is 29.4 Å². The molecule has 2 aromatic heterocycles. The molecule has 2 aromatic rings. The Morgan fingerprint density at radius 2 is 1.94 bits per heavy atom. The summed E-state index contributed by atoms with van der Waals surface area (Å²) in [6.45, 7) is 1.91. The average Bonchev–Trinajstić information content (AvgIpc) is 2.74. The highest BCUT2D eigenvalue weighted by molar-refractivity contribution is 7.14. The van der Waals surface area contributed by atoms with Crippen LogP contribution in [0.1, 0.15) is 5.01 Å². The van der Waals surface area contributed by atoms with Gasteiger partial charge in [-0.25, -0.2) is 0 Å². The Balaban J connectivity index is 2.48. The summed E-state index contributed by atoms with van der Waals surface area (Å²) in [6, 6.07) is 3.64. The molecular formula is C10H11N3O2S. The van der Waals surface area contributed by atoms with Crippen molar-refractivity contribution in [3.63, 3.8) is 0 Å². The molecule has 0 radical (unpaired) electrons. The highest BCUT2D eigenvalue weighted by Gasteiger charge is 2.12. The van der Waals surface area contributed by atoms with Crippen molar-refractivity contribution < 1.29 is 9.47 Å². The van der Waals surface area contributed by atoms with Gasteiger partial charge in [0.1, 0.15) is 5.01 Å². The van der Waals surface area contributed by atoms with Crippen molar-refractivity contribution in [2.75, 3.05) is 14.2 Å². The molecule has 0 N–H and O–H groups in total. The lowest BCUT2D eigenvalue weighted by molar-refractivity contribution is 0.366. The lowest BCUT2D eigenvalue weighted by Crippen LogP contribution is -1.94. The zero-order valence-corrected chi connectivity index (χ0v) is 10.0. The van der Waals surface area contributed by atoms with E-state index in [2.05, 4.69) is 15.2 Å². The van der Waals surface area contributed by atoms with E-state index in [0.29, 0.717) is 11.8 Å². The van der Waals surface area contributed by atoms with Gasteiger partial charge in [-0.1, -0.05) is 11.3 Å². The van der Waals surface area contributed by atoms with Crippen LogP contribution >= 0.6 is 11.3 Å². The molecular weight excluding hydrogens is 226 g/mol. The van der Waals surface area contributed by atoms with Gasteiger partial charge in [0.05, 0.1) is 19.8 Å². The average molecular weight is 237 g/mol. The van der Waals surface area contributed by atoms with Crippen LogP contribution in [0.15, 0.2) is 12.1 Å². The Morgan fingerprint density at radius 1 is 1.12 bits per heavy atom. The molecule has 5 nitrogen and oxygen atoms in total. The smallest absolute Gasteiger partial charge is 0.226 e. The summed E-state index contributed by atoms with van der Waals surface area (Å²) in [5, 5.41) is 9.73. The van der Waals surface area contributed by atoms with Gasteiger partial charge in [-0.2, -0.15) is 4.98 Å².